The van der Waals surface area contributed by atoms with Crippen molar-refractivity contribution in [3.05, 3.63) is 23.2 Å². The highest BCUT2D eigenvalue weighted by molar-refractivity contribution is 6.34. The van der Waals surface area contributed by atoms with Crippen LogP contribution in [0.1, 0.15) is 20.3 Å². The normalized spacial score (nSPS) is 25.8. The first kappa shape index (κ1) is 11.6. The molecule has 1 saturated heterocycles. The van der Waals surface area contributed by atoms with Crippen LogP contribution in [0.25, 0.3) is 0 Å². The number of halogens is 1. The number of para-hydroxylation sites is 1. The molecule has 0 spiro atoms. The van der Waals surface area contributed by atoms with E-state index >= 15 is 0 Å². The van der Waals surface area contributed by atoms with Crippen LogP contribution in [0.4, 0.5) is 11.4 Å². The van der Waals surface area contributed by atoms with Crippen LogP contribution in [0.3, 0.4) is 0 Å². The van der Waals surface area contributed by atoms with Gasteiger partial charge in [0.1, 0.15) is 0 Å². The Balaban J connectivity index is 2.29. The van der Waals surface area contributed by atoms with E-state index < -0.39 is 0 Å². The van der Waals surface area contributed by atoms with Crippen LogP contribution in [0.2, 0.25) is 5.02 Å². The fourth-order valence-corrected chi connectivity index (χ4v) is 3.01. The van der Waals surface area contributed by atoms with E-state index in [4.69, 9.17) is 17.3 Å². The van der Waals surface area contributed by atoms with Crippen LogP contribution in [0.15, 0.2) is 18.2 Å². The summed E-state index contributed by atoms with van der Waals surface area (Å²) in [6, 6.07) is 5.74. The van der Waals surface area contributed by atoms with Gasteiger partial charge >= 0.3 is 0 Å². The molecule has 1 aromatic rings. The van der Waals surface area contributed by atoms with Crippen molar-refractivity contribution in [1.29, 1.82) is 0 Å². The summed E-state index contributed by atoms with van der Waals surface area (Å²) in [4.78, 5) is 2.33. The molecular formula is C13H19ClN2. The Morgan fingerprint density at radius 3 is 2.44 bits per heavy atom. The van der Waals surface area contributed by atoms with E-state index in [1.54, 1.807) is 0 Å². The van der Waals surface area contributed by atoms with E-state index in [0.717, 1.165) is 29.5 Å². The molecule has 0 saturated carbocycles. The third-order valence-corrected chi connectivity index (χ3v) is 3.51. The molecule has 0 bridgehead atoms. The van der Waals surface area contributed by atoms with Crippen LogP contribution >= 0.6 is 11.6 Å². The third kappa shape index (κ3) is 2.27. The smallest absolute Gasteiger partial charge is 0.0789 e. The fourth-order valence-electron chi connectivity index (χ4n) is 2.71. The van der Waals surface area contributed by atoms with Gasteiger partial charge in [0.2, 0.25) is 0 Å². The first-order valence-corrected chi connectivity index (χ1v) is 6.24. The van der Waals surface area contributed by atoms with Gasteiger partial charge in [-0.05, 0) is 30.4 Å². The summed E-state index contributed by atoms with van der Waals surface area (Å²) in [5, 5.41) is 0.765. The Kier molecular flexibility index (Phi) is 3.29. The monoisotopic (exact) mass is 238 g/mol. The predicted molar refractivity (Wildman–Crippen MR) is 71.0 cm³/mol. The third-order valence-electron chi connectivity index (χ3n) is 3.20. The van der Waals surface area contributed by atoms with Crippen molar-refractivity contribution in [1.82, 2.24) is 0 Å². The Hall–Kier alpha value is -0.890. The molecule has 2 N–H and O–H groups in total. The Bertz CT molecular complexity index is 348. The van der Waals surface area contributed by atoms with Crippen LogP contribution in [-0.4, -0.2) is 13.1 Å². The molecule has 0 aliphatic carbocycles. The van der Waals surface area contributed by atoms with Gasteiger partial charge in [-0.1, -0.05) is 31.5 Å². The average molecular weight is 239 g/mol. The van der Waals surface area contributed by atoms with Gasteiger partial charge in [0.15, 0.2) is 0 Å². The van der Waals surface area contributed by atoms with Crippen molar-refractivity contribution >= 4 is 23.0 Å². The van der Waals surface area contributed by atoms with Gasteiger partial charge in [-0.2, -0.15) is 0 Å². The summed E-state index contributed by atoms with van der Waals surface area (Å²) in [6.45, 7) is 6.68. The van der Waals surface area contributed by atoms with Crippen molar-refractivity contribution < 1.29 is 0 Å². The molecular weight excluding hydrogens is 220 g/mol. The van der Waals surface area contributed by atoms with Gasteiger partial charge in [-0.25, -0.2) is 0 Å². The van der Waals surface area contributed by atoms with Gasteiger partial charge < -0.3 is 10.6 Å². The summed E-state index contributed by atoms with van der Waals surface area (Å²) < 4.78 is 0. The molecule has 1 aliphatic rings. The van der Waals surface area contributed by atoms with Crippen LogP contribution in [0.5, 0.6) is 0 Å². The maximum Gasteiger partial charge on any atom is 0.0789 e. The number of benzene rings is 1. The molecule has 88 valence electrons. The zero-order valence-corrected chi connectivity index (χ0v) is 10.7. The second-order valence-electron chi connectivity index (χ2n) is 5.03. The molecule has 3 heteroatoms. The van der Waals surface area contributed by atoms with E-state index in [2.05, 4.69) is 18.7 Å². The van der Waals surface area contributed by atoms with E-state index in [1.165, 1.54) is 6.42 Å². The van der Waals surface area contributed by atoms with Crippen molar-refractivity contribution in [3.8, 4) is 0 Å². The number of rotatable bonds is 1. The lowest BCUT2D eigenvalue weighted by Gasteiger charge is -2.37. The number of anilines is 2. The summed E-state index contributed by atoms with van der Waals surface area (Å²) in [6.07, 6.45) is 1.29. The van der Waals surface area contributed by atoms with Crippen LogP contribution in [-0.2, 0) is 0 Å². The fraction of sp³-hybridized carbons (Fsp3) is 0.538. The highest BCUT2D eigenvalue weighted by atomic mass is 35.5. The maximum absolute atomic E-state index is 6.24. The van der Waals surface area contributed by atoms with Gasteiger partial charge in [0.25, 0.3) is 0 Å². The summed E-state index contributed by atoms with van der Waals surface area (Å²) >= 11 is 6.24. The molecule has 2 unspecified atom stereocenters. The quantitative estimate of drug-likeness (QED) is 0.760. The molecule has 1 fully saturated rings. The lowest BCUT2D eigenvalue weighted by Crippen LogP contribution is -2.39. The summed E-state index contributed by atoms with van der Waals surface area (Å²) in [5.74, 6) is 1.42. The van der Waals surface area contributed by atoms with E-state index in [0.29, 0.717) is 11.8 Å². The number of nitrogen functional groups attached to an aromatic ring is 1. The molecule has 1 heterocycles. The molecule has 0 aromatic heterocycles. The van der Waals surface area contributed by atoms with Gasteiger partial charge in [0, 0.05) is 13.1 Å². The molecule has 2 nitrogen and oxygen atoms in total. The minimum Gasteiger partial charge on any atom is -0.397 e. The number of piperidine rings is 1. The molecule has 1 aliphatic heterocycles. The van der Waals surface area contributed by atoms with Crippen molar-refractivity contribution in [2.75, 3.05) is 23.7 Å². The van der Waals surface area contributed by atoms with Crippen LogP contribution in [0, 0.1) is 11.8 Å². The average Bonchev–Trinajstić information content (AvgIpc) is 2.15. The summed E-state index contributed by atoms with van der Waals surface area (Å²) in [7, 11) is 0. The van der Waals surface area contributed by atoms with Gasteiger partial charge in [0.05, 0.1) is 16.4 Å². The first-order chi connectivity index (χ1) is 7.58. The predicted octanol–water partition coefficient (Wildman–Crippen LogP) is 3.40. The molecule has 1 aromatic carbocycles. The van der Waals surface area contributed by atoms with Gasteiger partial charge in [-0.3, -0.25) is 0 Å². The minimum absolute atomic E-state index is 0.708. The lowest BCUT2D eigenvalue weighted by atomic mass is 9.91. The molecule has 0 amide bonds. The number of hydrogen-bond acceptors (Lipinski definition) is 2. The van der Waals surface area contributed by atoms with Crippen LogP contribution < -0.4 is 10.6 Å². The molecule has 16 heavy (non-hydrogen) atoms. The largest absolute Gasteiger partial charge is 0.397 e. The maximum atomic E-state index is 6.24. The second kappa shape index (κ2) is 4.54. The zero-order valence-electron chi connectivity index (χ0n) is 9.91. The first-order valence-electron chi connectivity index (χ1n) is 5.87. The van der Waals surface area contributed by atoms with E-state index in [-0.39, 0.29) is 0 Å². The topological polar surface area (TPSA) is 29.3 Å². The number of nitrogens with zero attached hydrogens (tertiary/aromatic N) is 1. The number of nitrogens with two attached hydrogens (primary N) is 1. The standard InChI is InChI=1S/C13H19ClN2/c1-9-6-10(2)8-16(7-9)13-11(14)4-3-5-12(13)15/h3-5,9-10H,6-8,15H2,1-2H3. The molecule has 2 rings (SSSR count). The molecule has 0 radical (unpaired) electrons. The van der Waals surface area contributed by atoms with Gasteiger partial charge in [-0.15, -0.1) is 0 Å². The van der Waals surface area contributed by atoms with E-state index in [1.807, 2.05) is 18.2 Å². The highest BCUT2D eigenvalue weighted by Gasteiger charge is 2.24. The summed E-state index contributed by atoms with van der Waals surface area (Å²) in [5.41, 5.74) is 7.82. The minimum atomic E-state index is 0.708. The van der Waals surface area contributed by atoms with E-state index in [9.17, 15) is 0 Å². The SMILES string of the molecule is CC1CC(C)CN(c2c(N)cccc2Cl)C1. The van der Waals surface area contributed by atoms with Crippen molar-refractivity contribution in [2.24, 2.45) is 11.8 Å². The second-order valence-corrected chi connectivity index (χ2v) is 5.44. The Morgan fingerprint density at radius 2 is 1.88 bits per heavy atom. The molecule has 2 atom stereocenters. The van der Waals surface area contributed by atoms with Crippen molar-refractivity contribution in [3.63, 3.8) is 0 Å². The highest BCUT2D eigenvalue weighted by Crippen LogP contribution is 2.35. The Labute approximate surface area is 102 Å². The zero-order chi connectivity index (χ0) is 11.7. The van der Waals surface area contributed by atoms with Crippen molar-refractivity contribution in [2.45, 2.75) is 20.3 Å². The number of hydrogen-bond donors (Lipinski definition) is 1. The Morgan fingerprint density at radius 1 is 1.25 bits per heavy atom. The lowest BCUT2D eigenvalue weighted by molar-refractivity contribution is 0.357.